The monoisotopic (exact) mass is 751 g/mol. The highest BCUT2D eigenvalue weighted by atomic mass is 16.5. The molecule has 0 aliphatic heterocycles. The van der Waals surface area contributed by atoms with Crippen LogP contribution in [0.4, 0.5) is 0 Å². The molecule has 290 valence electrons. The van der Waals surface area contributed by atoms with Crippen molar-refractivity contribution in [2.45, 2.75) is 38.8 Å². The highest BCUT2D eigenvalue weighted by Crippen LogP contribution is 2.41. The van der Waals surface area contributed by atoms with Gasteiger partial charge in [0, 0.05) is 11.5 Å². The standard InChI is InChI=1S/C42H35NO.C7H8.C3H9N.CH5N/c1-4-37(30-15-7-5-8-16-30)34-20-13-19-32(27-34)33-25-26-38(39-23-11-12-24-41(39)44-3)40(29-33)35-21-14-22-36(28-35)42(43-2)31-17-9-6-10-18-31;1-7-5-3-2-4-6-7;1-3(2)4;1-2/h4-29,37,42H,1-2H2,3H3;2-6H,1H3;3H,4H2,1-2H3;2H2,1H3. The number of nitrogens with two attached hydrogens (primary N) is 2. The lowest BCUT2D eigenvalue weighted by Crippen LogP contribution is -2.06. The van der Waals surface area contributed by atoms with Gasteiger partial charge in [-0.15, -0.1) is 6.58 Å². The quantitative estimate of drug-likeness (QED) is 0.108. The van der Waals surface area contributed by atoms with E-state index in [1.54, 1.807) is 7.11 Å². The molecule has 57 heavy (non-hydrogen) atoms. The maximum absolute atomic E-state index is 5.81. The number of rotatable bonds is 10. The van der Waals surface area contributed by atoms with Gasteiger partial charge >= 0.3 is 0 Å². The molecule has 2 unspecified atom stereocenters. The van der Waals surface area contributed by atoms with E-state index in [9.17, 15) is 0 Å². The van der Waals surface area contributed by atoms with Gasteiger partial charge in [-0.3, -0.25) is 4.99 Å². The molecule has 4 heteroatoms. The number of hydrogen-bond donors (Lipinski definition) is 2. The van der Waals surface area contributed by atoms with Crippen LogP contribution in [0.25, 0.3) is 33.4 Å². The Morgan fingerprint density at radius 3 is 1.58 bits per heavy atom. The fraction of sp³-hybridized carbons (Fsp3) is 0.151. The molecule has 0 radical (unpaired) electrons. The van der Waals surface area contributed by atoms with Crippen molar-refractivity contribution >= 4 is 6.72 Å². The summed E-state index contributed by atoms with van der Waals surface area (Å²) in [5.41, 5.74) is 22.3. The number of methoxy groups -OCH3 is 1. The molecule has 0 aromatic heterocycles. The van der Waals surface area contributed by atoms with Crippen molar-refractivity contribution in [2.75, 3.05) is 14.2 Å². The highest BCUT2D eigenvalue weighted by molar-refractivity contribution is 5.89. The molecule has 4 nitrogen and oxygen atoms in total. The van der Waals surface area contributed by atoms with Crippen molar-refractivity contribution in [3.8, 4) is 39.1 Å². The molecule has 0 spiro atoms. The number of aryl methyl sites for hydroxylation is 1. The SMILES string of the molecule is C=CC(c1ccccc1)c1cccc(-c2ccc(-c3ccccc3OC)c(-c3cccc(C(N=C)c4ccccc4)c3)c2)c1.CC(C)N.CN.Cc1ccccc1. The molecule has 0 saturated carbocycles. The van der Waals surface area contributed by atoms with Gasteiger partial charge in [-0.1, -0.05) is 189 Å². The van der Waals surface area contributed by atoms with Crippen LogP contribution in [0, 0.1) is 6.92 Å². The maximum atomic E-state index is 5.81. The summed E-state index contributed by atoms with van der Waals surface area (Å²) in [6, 6.07) is 63.6. The number of aliphatic imine (C=N–C) groups is 1. The van der Waals surface area contributed by atoms with Crippen LogP contribution in [-0.2, 0) is 0 Å². The van der Waals surface area contributed by atoms with Crippen LogP contribution >= 0.6 is 0 Å². The van der Waals surface area contributed by atoms with Crippen molar-refractivity contribution in [2.24, 2.45) is 16.5 Å². The smallest absolute Gasteiger partial charge is 0.126 e. The largest absolute Gasteiger partial charge is 0.496 e. The van der Waals surface area contributed by atoms with E-state index < -0.39 is 0 Å². The number of hydrogen-bond acceptors (Lipinski definition) is 4. The number of nitrogens with zero attached hydrogens (tertiary/aromatic N) is 1. The first-order chi connectivity index (χ1) is 27.8. The minimum Gasteiger partial charge on any atom is -0.496 e. The predicted octanol–water partition coefficient (Wildman–Crippen LogP) is 12.7. The van der Waals surface area contributed by atoms with E-state index in [0.29, 0.717) is 6.04 Å². The van der Waals surface area contributed by atoms with Gasteiger partial charge in [-0.25, -0.2) is 0 Å². The Labute approximate surface area is 341 Å². The average molecular weight is 752 g/mol. The van der Waals surface area contributed by atoms with Crippen LogP contribution in [-0.4, -0.2) is 26.9 Å². The van der Waals surface area contributed by atoms with E-state index in [4.69, 9.17) is 10.5 Å². The summed E-state index contributed by atoms with van der Waals surface area (Å²) < 4.78 is 5.81. The number of para-hydroxylation sites is 1. The van der Waals surface area contributed by atoms with Gasteiger partial charge < -0.3 is 16.2 Å². The molecule has 0 heterocycles. The first kappa shape index (κ1) is 43.4. The summed E-state index contributed by atoms with van der Waals surface area (Å²) in [5.74, 6) is 0.952. The minimum absolute atomic E-state index is 0.112. The lowest BCUT2D eigenvalue weighted by atomic mass is 9.87. The third-order valence-corrected chi connectivity index (χ3v) is 9.14. The van der Waals surface area contributed by atoms with Gasteiger partial charge in [0.15, 0.2) is 0 Å². The summed E-state index contributed by atoms with van der Waals surface area (Å²) in [4.78, 5) is 4.52. The lowest BCUT2D eigenvalue weighted by Gasteiger charge is -2.18. The van der Waals surface area contributed by atoms with Crippen LogP contribution in [0.3, 0.4) is 0 Å². The summed E-state index contributed by atoms with van der Waals surface area (Å²) in [6.07, 6.45) is 2.02. The third kappa shape index (κ3) is 12.3. The molecule has 0 bridgehead atoms. The molecule has 0 fully saturated rings. The third-order valence-electron chi connectivity index (χ3n) is 9.14. The Bertz CT molecular complexity index is 2250. The average Bonchev–Trinajstić information content (AvgIpc) is 3.26. The van der Waals surface area contributed by atoms with Crippen LogP contribution in [0.15, 0.2) is 200 Å². The van der Waals surface area contributed by atoms with Gasteiger partial charge in [-0.2, -0.15) is 0 Å². The summed E-state index contributed by atoms with van der Waals surface area (Å²) in [7, 11) is 3.22. The van der Waals surface area contributed by atoms with Crippen LogP contribution in [0.1, 0.15) is 53.6 Å². The normalized spacial score (nSPS) is 11.2. The second-order valence-electron chi connectivity index (χ2n) is 13.7. The Morgan fingerprint density at radius 2 is 1.02 bits per heavy atom. The van der Waals surface area contributed by atoms with Crippen molar-refractivity contribution in [1.29, 1.82) is 0 Å². The van der Waals surface area contributed by atoms with Crippen LogP contribution in [0.5, 0.6) is 5.75 Å². The van der Waals surface area contributed by atoms with E-state index in [-0.39, 0.29) is 12.0 Å². The van der Waals surface area contributed by atoms with E-state index in [1.807, 2.05) is 74.5 Å². The number of allylic oxidation sites excluding steroid dienone is 1. The van der Waals surface area contributed by atoms with Crippen LogP contribution < -0.4 is 16.2 Å². The number of ether oxygens (including phenoxy) is 1. The Hall–Kier alpha value is -6.33. The second kappa shape index (κ2) is 22.9. The van der Waals surface area contributed by atoms with Gasteiger partial charge in [0.05, 0.1) is 13.2 Å². The summed E-state index contributed by atoms with van der Waals surface area (Å²) >= 11 is 0. The number of benzene rings is 7. The fourth-order valence-corrected chi connectivity index (χ4v) is 6.55. The first-order valence-corrected chi connectivity index (χ1v) is 19.3. The molecular formula is C53H57N3O. The minimum atomic E-state index is -0.153. The zero-order chi connectivity index (χ0) is 41.0. The summed E-state index contributed by atoms with van der Waals surface area (Å²) in [5, 5.41) is 0. The Morgan fingerprint density at radius 1 is 0.526 bits per heavy atom. The van der Waals surface area contributed by atoms with Crippen molar-refractivity contribution in [1.82, 2.24) is 0 Å². The van der Waals surface area contributed by atoms with Crippen LogP contribution in [0.2, 0.25) is 0 Å². The molecule has 7 aromatic rings. The first-order valence-electron chi connectivity index (χ1n) is 19.3. The Balaban J connectivity index is 0.000000478. The highest BCUT2D eigenvalue weighted by Gasteiger charge is 2.17. The van der Waals surface area contributed by atoms with E-state index >= 15 is 0 Å². The topological polar surface area (TPSA) is 73.6 Å². The van der Waals surface area contributed by atoms with Gasteiger partial charge in [0.25, 0.3) is 0 Å². The molecule has 0 saturated heterocycles. The van der Waals surface area contributed by atoms with Crippen molar-refractivity contribution < 1.29 is 4.74 Å². The van der Waals surface area contributed by atoms with Gasteiger partial charge in [0.1, 0.15) is 5.75 Å². The Kier molecular flexibility index (Phi) is 17.4. The van der Waals surface area contributed by atoms with Crippen molar-refractivity contribution in [3.63, 3.8) is 0 Å². The lowest BCUT2D eigenvalue weighted by molar-refractivity contribution is 0.416. The molecule has 2 atom stereocenters. The molecule has 0 amide bonds. The van der Waals surface area contributed by atoms with E-state index in [0.717, 1.165) is 50.3 Å². The molecule has 0 aliphatic rings. The molecule has 7 aromatic carbocycles. The van der Waals surface area contributed by atoms with Gasteiger partial charge in [0.2, 0.25) is 0 Å². The van der Waals surface area contributed by atoms with Gasteiger partial charge in [-0.05, 0) is 95.0 Å². The fourth-order valence-electron chi connectivity index (χ4n) is 6.55. The molecular weight excluding hydrogens is 695 g/mol. The van der Waals surface area contributed by atoms with Crippen molar-refractivity contribution in [3.05, 3.63) is 222 Å². The zero-order valence-electron chi connectivity index (χ0n) is 34.1. The van der Waals surface area contributed by atoms with E-state index in [2.05, 4.69) is 158 Å². The molecule has 7 rings (SSSR count). The molecule has 4 N–H and O–H groups in total. The van der Waals surface area contributed by atoms with E-state index in [1.165, 1.54) is 23.7 Å². The predicted molar refractivity (Wildman–Crippen MR) is 246 cm³/mol. The maximum Gasteiger partial charge on any atom is 0.126 e. The summed E-state index contributed by atoms with van der Waals surface area (Å²) in [6.45, 7) is 14.1. The zero-order valence-corrected chi connectivity index (χ0v) is 34.1. The molecule has 0 aliphatic carbocycles. The second-order valence-corrected chi connectivity index (χ2v) is 13.7.